The van der Waals surface area contributed by atoms with Crippen molar-refractivity contribution in [3.05, 3.63) is 0 Å². The molecule has 1 atom stereocenters. The van der Waals surface area contributed by atoms with Gasteiger partial charge < -0.3 is 20.1 Å². The second-order valence-corrected chi connectivity index (χ2v) is 7.70. The number of nitrogens with zero attached hydrogens (tertiary/aromatic N) is 1. The number of hydrogen-bond acceptors (Lipinski definition) is 5. The molecule has 0 radical (unpaired) electrons. The van der Waals surface area contributed by atoms with Crippen molar-refractivity contribution >= 4 is 39.8 Å². The number of ether oxygens (including phenoxy) is 2. The minimum atomic E-state index is -2.94. The van der Waals surface area contributed by atoms with Crippen molar-refractivity contribution in [2.24, 2.45) is 4.99 Å². The van der Waals surface area contributed by atoms with Gasteiger partial charge in [0.15, 0.2) is 15.8 Å². The zero-order chi connectivity index (χ0) is 16.3. The number of nitrogens with one attached hydrogen (secondary N) is 2. The minimum absolute atomic E-state index is 0. The Morgan fingerprint density at radius 1 is 1.35 bits per heavy atom. The van der Waals surface area contributed by atoms with E-state index in [9.17, 15) is 8.42 Å². The van der Waals surface area contributed by atoms with Crippen molar-refractivity contribution in [1.29, 1.82) is 0 Å². The predicted molar refractivity (Wildman–Crippen MR) is 104 cm³/mol. The Bertz CT molecular complexity index is 426. The topological polar surface area (TPSA) is 89.0 Å². The molecule has 1 unspecified atom stereocenters. The van der Waals surface area contributed by atoms with Crippen LogP contribution in [0, 0.1) is 0 Å². The van der Waals surface area contributed by atoms with Crippen LogP contribution < -0.4 is 10.6 Å². The van der Waals surface area contributed by atoms with Crippen molar-refractivity contribution < 1.29 is 17.9 Å². The van der Waals surface area contributed by atoms with Crippen LogP contribution in [0.15, 0.2) is 4.99 Å². The highest BCUT2D eigenvalue weighted by molar-refractivity contribution is 14.0. The number of aliphatic imine (C=N–C) groups is 1. The Morgan fingerprint density at radius 2 is 2.09 bits per heavy atom. The van der Waals surface area contributed by atoms with Crippen molar-refractivity contribution in [2.45, 2.75) is 32.3 Å². The molecule has 7 nitrogen and oxygen atoms in total. The Kier molecular flexibility index (Phi) is 13.1. The molecule has 1 aliphatic heterocycles. The number of guanidine groups is 1. The third-order valence-corrected chi connectivity index (χ3v) is 5.16. The summed E-state index contributed by atoms with van der Waals surface area (Å²) < 4.78 is 33.8. The van der Waals surface area contributed by atoms with Crippen LogP contribution in [0.5, 0.6) is 0 Å². The smallest absolute Gasteiger partial charge is 0.191 e. The second kappa shape index (κ2) is 13.2. The molecule has 138 valence electrons. The van der Waals surface area contributed by atoms with Crippen LogP contribution in [0.3, 0.4) is 0 Å². The lowest BCUT2D eigenvalue weighted by Gasteiger charge is -2.13. The highest BCUT2D eigenvalue weighted by Gasteiger charge is 2.14. The third kappa shape index (κ3) is 11.1. The molecule has 2 N–H and O–H groups in total. The second-order valence-electron chi connectivity index (χ2n) is 5.23. The largest absolute Gasteiger partial charge is 0.379 e. The van der Waals surface area contributed by atoms with Crippen molar-refractivity contribution in [3.8, 4) is 0 Å². The number of halogens is 1. The van der Waals surface area contributed by atoms with Gasteiger partial charge in [0, 0.05) is 39.1 Å². The highest BCUT2D eigenvalue weighted by atomic mass is 127. The molecule has 1 rings (SSSR count). The molecule has 0 amide bonds. The summed E-state index contributed by atoms with van der Waals surface area (Å²) in [5, 5.41) is 6.13. The average molecular weight is 463 g/mol. The van der Waals surface area contributed by atoms with Gasteiger partial charge in [-0.1, -0.05) is 6.92 Å². The van der Waals surface area contributed by atoms with Gasteiger partial charge >= 0.3 is 0 Å². The van der Waals surface area contributed by atoms with E-state index in [1.807, 2.05) is 0 Å². The lowest BCUT2D eigenvalue weighted by Crippen LogP contribution is -2.40. The monoisotopic (exact) mass is 463 g/mol. The lowest BCUT2D eigenvalue weighted by atomic mass is 10.2. The zero-order valence-electron chi connectivity index (χ0n) is 14.0. The maximum Gasteiger partial charge on any atom is 0.191 e. The van der Waals surface area contributed by atoms with Crippen LogP contribution in [0.2, 0.25) is 0 Å². The average Bonchev–Trinajstić information content (AvgIpc) is 3.02. The number of rotatable bonds is 10. The summed E-state index contributed by atoms with van der Waals surface area (Å²) in [7, 11) is -1.28. The van der Waals surface area contributed by atoms with Crippen LogP contribution in [0.25, 0.3) is 0 Å². The normalized spacial score (nSPS) is 18.5. The first-order chi connectivity index (χ1) is 10.6. The zero-order valence-corrected chi connectivity index (χ0v) is 17.2. The van der Waals surface area contributed by atoms with Crippen LogP contribution >= 0.6 is 24.0 Å². The number of sulfone groups is 1. The van der Waals surface area contributed by atoms with Crippen molar-refractivity contribution in [2.75, 3.05) is 51.5 Å². The molecule has 23 heavy (non-hydrogen) atoms. The van der Waals surface area contributed by atoms with Crippen molar-refractivity contribution in [3.63, 3.8) is 0 Å². The van der Waals surface area contributed by atoms with E-state index in [-0.39, 0.29) is 41.6 Å². The standard InChI is InChI=1S/C14H29N3O4S.HI/c1-3-22(18,19)11-8-17-14(15-2)16-7-5-9-20-12-13-6-4-10-21-13;/h13H,3-12H2,1-2H3,(H2,15,16,17);1H. The summed E-state index contributed by atoms with van der Waals surface area (Å²) in [5.41, 5.74) is 0. The SMILES string of the molecule is CCS(=O)(=O)CCNC(=NC)NCCCOCC1CCCO1.I. The summed E-state index contributed by atoms with van der Waals surface area (Å²) in [6, 6.07) is 0. The molecule has 0 saturated carbocycles. The molecule has 1 fully saturated rings. The maximum absolute atomic E-state index is 11.4. The molecule has 0 aromatic rings. The van der Waals surface area contributed by atoms with Gasteiger partial charge in [-0.05, 0) is 19.3 Å². The third-order valence-electron chi connectivity index (χ3n) is 3.45. The highest BCUT2D eigenvalue weighted by Crippen LogP contribution is 2.11. The van der Waals surface area contributed by atoms with Gasteiger partial charge in [0.25, 0.3) is 0 Å². The van der Waals surface area contributed by atoms with E-state index >= 15 is 0 Å². The van der Waals surface area contributed by atoms with Gasteiger partial charge in [-0.2, -0.15) is 0 Å². The summed E-state index contributed by atoms with van der Waals surface area (Å²) >= 11 is 0. The molecule has 0 spiro atoms. The Balaban J connectivity index is 0.00000484. The van der Waals surface area contributed by atoms with Crippen molar-refractivity contribution in [1.82, 2.24) is 10.6 Å². The fourth-order valence-electron chi connectivity index (χ4n) is 2.06. The molecule has 0 bridgehead atoms. The Hall–Kier alpha value is -0.130. The minimum Gasteiger partial charge on any atom is -0.379 e. The molecule has 1 saturated heterocycles. The fraction of sp³-hybridized carbons (Fsp3) is 0.929. The fourth-order valence-corrected chi connectivity index (χ4v) is 2.76. The van der Waals surface area contributed by atoms with Gasteiger partial charge in [-0.25, -0.2) is 8.42 Å². The molecule has 1 heterocycles. The molecule has 0 aromatic heterocycles. The molecule has 1 aliphatic rings. The predicted octanol–water partition coefficient (Wildman–Crippen LogP) is 0.790. The van der Waals surface area contributed by atoms with E-state index in [1.54, 1.807) is 14.0 Å². The van der Waals surface area contributed by atoms with Gasteiger partial charge in [-0.3, -0.25) is 4.99 Å². The number of hydrogen-bond donors (Lipinski definition) is 2. The maximum atomic E-state index is 11.4. The van der Waals surface area contributed by atoms with Crippen LogP contribution in [-0.2, 0) is 19.3 Å². The quantitative estimate of drug-likeness (QED) is 0.216. The van der Waals surface area contributed by atoms with E-state index < -0.39 is 9.84 Å². The molecule has 0 aromatic carbocycles. The summed E-state index contributed by atoms with van der Waals surface area (Å²) in [6.07, 6.45) is 3.35. The lowest BCUT2D eigenvalue weighted by molar-refractivity contribution is 0.0168. The van der Waals surface area contributed by atoms with E-state index in [4.69, 9.17) is 9.47 Å². The summed E-state index contributed by atoms with van der Waals surface area (Å²) in [4.78, 5) is 4.05. The Labute approximate surface area is 156 Å². The first-order valence-electron chi connectivity index (χ1n) is 7.91. The van der Waals surface area contributed by atoms with E-state index in [1.165, 1.54) is 0 Å². The van der Waals surface area contributed by atoms with Gasteiger partial charge in [0.2, 0.25) is 0 Å². The first-order valence-corrected chi connectivity index (χ1v) is 9.74. The van der Waals surface area contributed by atoms with Gasteiger partial charge in [-0.15, -0.1) is 24.0 Å². The van der Waals surface area contributed by atoms with Crippen LogP contribution in [0.1, 0.15) is 26.2 Å². The van der Waals surface area contributed by atoms with Crippen LogP contribution in [0.4, 0.5) is 0 Å². The molecular formula is C14H30IN3O4S. The van der Waals surface area contributed by atoms with E-state index in [2.05, 4.69) is 15.6 Å². The molecule has 9 heteroatoms. The van der Waals surface area contributed by atoms with Gasteiger partial charge in [0.05, 0.1) is 18.5 Å². The summed E-state index contributed by atoms with van der Waals surface area (Å²) in [5.74, 6) is 0.905. The van der Waals surface area contributed by atoms with Crippen LogP contribution in [-0.4, -0.2) is 71.9 Å². The Morgan fingerprint density at radius 3 is 2.70 bits per heavy atom. The van der Waals surface area contributed by atoms with Gasteiger partial charge in [0.1, 0.15) is 0 Å². The summed E-state index contributed by atoms with van der Waals surface area (Å²) in [6.45, 7) is 4.94. The molecule has 0 aliphatic carbocycles. The first kappa shape index (κ1) is 22.9. The van der Waals surface area contributed by atoms with E-state index in [0.717, 1.165) is 32.4 Å². The van der Waals surface area contributed by atoms with E-state index in [0.29, 0.717) is 25.7 Å². The molecular weight excluding hydrogens is 433 g/mol.